The summed E-state index contributed by atoms with van der Waals surface area (Å²) in [6, 6.07) is 6.07. The number of hydrogen-bond acceptors (Lipinski definition) is 4. The third-order valence-corrected chi connectivity index (χ3v) is 3.09. The highest BCUT2D eigenvalue weighted by atomic mass is 35.5. The number of rotatable bonds is 4. The molecular weight excluding hydrogens is 254 g/mol. The van der Waals surface area contributed by atoms with Crippen molar-refractivity contribution in [3.8, 4) is 5.75 Å². The first-order valence-electron chi connectivity index (χ1n) is 5.73. The van der Waals surface area contributed by atoms with Gasteiger partial charge in [-0.1, -0.05) is 0 Å². The number of carbonyl (C=O) groups excluding carboxylic acids is 1. The first-order chi connectivity index (χ1) is 8.24. The van der Waals surface area contributed by atoms with Gasteiger partial charge in [0.25, 0.3) is 0 Å². The van der Waals surface area contributed by atoms with Crippen LogP contribution in [0.15, 0.2) is 18.2 Å². The molecule has 0 saturated heterocycles. The van der Waals surface area contributed by atoms with Crippen molar-refractivity contribution in [1.82, 2.24) is 0 Å². The number of fused-ring (bicyclic) bond motifs is 1. The molecule has 1 aromatic carbocycles. The molecule has 0 unspecified atom stereocenters. The van der Waals surface area contributed by atoms with Crippen LogP contribution in [0.3, 0.4) is 0 Å². The Morgan fingerprint density at radius 2 is 2.17 bits per heavy atom. The molecule has 18 heavy (non-hydrogen) atoms. The lowest BCUT2D eigenvalue weighted by Gasteiger charge is -2.18. The Morgan fingerprint density at radius 3 is 2.83 bits per heavy atom. The van der Waals surface area contributed by atoms with Gasteiger partial charge in [0.1, 0.15) is 5.75 Å². The number of halogens is 1. The van der Waals surface area contributed by atoms with E-state index in [1.807, 2.05) is 6.07 Å². The van der Waals surface area contributed by atoms with E-state index >= 15 is 0 Å². The van der Waals surface area contributed by atoms with Crippen LogP contribution in [0.4, 0.5) is 5.69 Å². The van der Waals surface area contributed by atoms with E-state index in [2.05, 4.69) is 21.8 Å². The molecule has 0 fully saturated rings. The third kappa shape index (κ3) is 3.07. The molecule has 5 heteroatoms. The number of hydrogen-bond donors (Lipinski definition) is 0. The predicted molar refractivity (Wildman–Crippen MR) is 72.8 cm³/mol. The van der Waals surface area contributed by atoms with Crippen molar-refractivity contribution in [2.45, 2.75) is 12.8 Å². The summed E-state index contributed by atoms with van der Waals surface area (Å²) in [5.74, 6) is 0.727. The highest BCUT2D eigenvalue weighted by Gasteiger charge is 2.19. The standard InChI is InChI=1S/C13H17NO3.ClH/c1-16-11-3-4-12-10(9-11)5-7-14(12)8-6-13(15)17-2;/h3-4,9H,5-8H2,1-2H3;1H. The van der Waals surface area contributed by atoms with Crippen molar-refractivity contribution in [2.75, 3.05) is 32.2 Å². The van der Waals surface area contributed by atoms with E-state index in [-0.39, 0.29) is 18.4 Å². The minimum atomic E-state index is -0.160. The van der Waals surface area contributed by atoms with Gasteiger partial charge in [0.05, 0.1) is 20.6 Å². The van der Waals surface area contributed by atoms with E-state index in [0.717, 1.165) is 18.7 Å². The molecule has 1 heterocycles. The Bertz CT molecular complexity index is 423. The van der Waals surface area contributed by atoms with Gasteiger partial charge in [0.15, 0.2) is 0 Å². The SMILES string of the molecule is COC(=O)CCN1CCc2cc(OC)ccc21.Cl. The Morgan fingerprint density at radius 1 is 1.39 bits per heavy atom. The summed E-state index contributed by atoms with van der Waals surface area (Å²) < 4.78 is 9.85. The fraction of sp³-hybridized carbons (Fsp3) is 0.462. The van der Waals surface area contributed by atoms with Gasteiger partial charge in [-0.2, -0.15) is 0 Å². The second kappa shape index (κ2) is 6.50. The first kappa shape index (κ1) is 14.6. The van der Waals surface area contributed by atoms with Crippen molar-refractivity contribution < 1.29 is 14.3 Å². The Labute approximate surface area is 113 Å². The summed E-state index contributed by atoms with van der Waals surface area (Å²) in [4.78, 5) is 13.3. The molecule has 0 aromatic heterocycles. The Balaban J connectivity index is 0.00000162. The van der Waals surface area contributed by atoms with Crippen molar-refractivity contribution in [3.05, 3.63) is 23.8 Å². The lowest BCUT2D eigenvalue weighted by atomic mass is 10.1. The van der Waals surface area contributed by atoms with Gasteiger partial charge >= 0.3 is 5.97 Å². The zero-order valence-electron chi connectivity index (χ0n) is 10.6. The van der Waals surface area contributed by atoms with Gasteiger partial charge in [0.2, 0.25) is 0 Å². The highest BCUT2D eigenvalue weighted by molar-refractivity contribution is 5.85. The lowest BCUT2D eigenvalue weighted by Crippen LogP contribution is -2.24. The van der Waals surface area contributed by atoms with Gasteiger partial charge in [-0.3, -0.25) is 4.79 Å². The zero-order chi connectivity index (χ0) is 12.3. The minimum absolute atomic E-state index is 0. The maximum absolute atomic E-state index is 11.1. The van der Waals surface area contributed by atoms with Crippen molar-refractivity contribution >= 4 is 24.1 Å². The molecule has 100 valence electrons. The monoisotopic (exact) mass is 271 g/mol. The molecule has 0 spiro atoms. The number of methoxy groups -OCH3 is 2. The Kier molecular flexibility index (Phi) is 5.28. The van der Waals surface area contributed by atoms with Crippen LogP contribution in [0.1, 0.15) is 12.0 Å². The molecule has 0 radical (unpaired) electrons. The highest BCUT2D eigenvalue weighted by Crippen LogP contribution is 2.31. The van der Waals surface area contributed by atoms with Crippen LogP contribution in [-0.2, 0) is 16.0 Å². The topological polar surface area (TPSA) is 38.8 Å². The maximum Gasteiger partial charge on any atom is 0.307 e. The molecule has 1 aliphatic rings. The molecule has 2 rings (SSSR count). The van der Waals surface area contributed by atoms with Gasteiger partial charge in [-0.05, 0) is 30.2 Å². The summed E-state index contributed by atoms with van der Waals surface area (Å²) in [6.45, 7) is 1.67. The first-order valence-corrected chi connectivity index (χ1v) is 5.73. The number of anilines is 1. The zero-order valence-corrected chi connectivity index (χ0v) is 11.5. The molecule has 1 aromatic rings. The lowest BCUT2D eigenvalue weighted by molar-refractivity contribution is -0.140. The fourth-order valence-corrected chi connectivity index (χ4v) is 2.13. The van der Waals surface area contributed by atoms with Gasteiger partial charge in [0, 0.05) is 18.8 Å². The summed E-state index contributed by atoms with van der Waals surface area (Å²) in [5.41, 5.74) is 2.49. The van der Waals surface area contributed by atoms with E-state index in [9.17, 15) is 4.79 Å². The van der Waals surface area contributed by atoms with Crippen LogP contribution < -0.4 is 9.64 Å². The number of esters is 1. The van der Waals surface area contributed by atoms with Crippen LogP contribution >= 0.6 is 12.4 Å². The van der Waals surface area contributed by atoms with E-state index in [1.165, 1.54) is 18.4 Å². The normalized spacial score (nSPS) is 12.7. The molecule has 4 nitrogen and oxygen atoms in total. The van der Waals surface area contributed by atoms with E-state index in [4.69, 9.17) is 4.74 Å². The third-order valence-electron chi connectivity index (χ3n) is 3.09. The second-order valence-electron chi connectivity index (χ2n) is 4.06. The predicted octanol–water partition coefficient (Wildman–Crippen LogP) is 2.04. The van der Waals surface area contributed by atoms with Crippen molar-refractivity contribution in [3.63, 3.8) is 0 Å². The molecular formula is C13H18ClNO3. The summed E-state index contributed by atoms with van der Waals surface area (Å²) >= 11 is 0. The molecule has 0 atom stereocenters. The smallest absolute Gasteiger partial charge is 0.307 e. The molecule has 0 aliphatic carbocycles. The van der Waals surface area contributed by atoms with Gasteiger partial charge < -0.3 is 14.4 Å². The second-order valence-corrected chi connectivity index (χ2v) is 4.06. The maximum atomic E-state index is 11.1. The van der Waals surface area contributed by atoms with Crippen molar-refractivity contribution in [2.24, 2.45) is 0 Å². The minimum Gasteiger partial charge on any atom is -0.497 e. The Hall–Kier alpha value is -1.42. The average Bonchev–Trinajstić information content (AvgIpc) is 2.77. The summed E-state index contributed by atoms with van der Waals surface area (Å²) in [5, 5.41) is 0. The molecule has 0 bridgehead atoms. The molecule has 0 saturated carbocycles. The van der Waals surface area contributed by atoms with E-state index in [1.54, 1.807) is 7.11 Å². The van der Waals surface area contributed by atoms with Crippen LogP contribution in [0.25, 0.3) is 0 Å². The van der Waals surface area contributed by atoms with E-state index < -0.39 is 0 Å². The molecule has 0 amide bonds. The number of ether oxygens (including phenoxy) is 2. The van der Waals surface area contributed by atoms with Gasteiger partial charge in [-0.15, -0.1) is 12.4 Å². The van der Waals surface area contributed by atoms with Crippen LogP contribution in [0, 0.1) is 0 Å². The van der Waals surface area contributed by atoms with Crippen molar-refractivity contribution in [1.29, 1.82) is 0 Å². The van der Waals surface area contributed by atoms with Crippen LogP contribution in [0.5, 0.6) is 5.75 Å². The van der Waals surface area contributed by atoms with Crippen LogP contribution in [-0.4, -0.2) is 33.3 Å². The summed E-state index contributed by atoms with van der Waals surface area (Å²) in [6.07, 6.45) is 1.44. The largest absolute Gasteiger partial charge is 0.497 e. The fourth-order valence-electron chi connectivity index (χ4n) is 2.13. The average molecular weight is 272 g/mol. The molecule has 0 N–H and O–H groups in total. The quantitative estimate of drug-likeness (QED) is 0.786. The van der Waals surface area contributed by atoms with Crippen LogP contribution in [0.2, 0.25) is 0 Å². The van der Waals surface area contributed by atoms with E-state index in [0.29, 0.717) is 13.0 Å². The number of benzene rings is 1. The number of carbonyl (C=O) groups is 1. The number of nitrogens with zero attached hydrogens (tertiary/aromatic N) is 1. The van der Waals surface area contributed by atoms with Gasteiger partial charge in [-0.25, -0.2) is 0 Å². The summed E-state index contributed by atoms with van der Waals surface area (Å²) in [7, 11) is 3.09. The molecule has 1 aliphatic heterocycles.